The van der Waals surface area contributed by atoms with Crippen LogP contribution in [0, 0.1) is 5.92 Å². The van der Waals surface area contributed by atoms with Gasteiger partial charge in [0.15, 0.2) is 0 Å². The number of halogens is 3. The van der Waals surface area contributed by atoms with Gasteiger partial charge in [-0.3, -0.25) is 0 Å². The lowest BCUT2D eigenvalue weighted by atomic mass is 10.3. The average Bonchev–Trinajstić information content (AvgIpc) is 3.51. The number of carboxylic acid groups (broad SMARTS) is 1. The summed E-state index contributed by atoms with van der Waals surface area (Å²) in [6.07, 6.45) is 2.41. The largest absolute Gasteiger partial charge is 0.490 e. The van der Waals surface area contributed by atoms with Gasteiger partial charge >= 0.3 is 12.1 Å². The minimum Gasteiger partial charge on any atom is -0.475 e. The van der Waals surface area contributed by atoms with E-state index in [1.54, 1.807) is 6.33 Å². The number of hydrogen-bond acceptors (Lipinski definition) is 7. The summed E-state index contributed by atoms with van der Waals surface area (Å²) in [5.74, 6) is 1.16. The highest BCUT2D eigenvalue weighted by molar-refractivity contribution is 5.73. The molecular weight excluding hydrogens is 427 g/mol. The summed E-state index contributed by atoms with van der Waals surface area (Å²) in [6.45, 7) is 5.31. The summed E-state index contributed by atoms with van der Waals surface area (Å²) in [5.41, 5.74) is 1.23. The van der Waals surface area contributed by atoms with E-state index < -0.39 is 12.1 Å². The molecule has 0 amide bonds. The molecule has 2 aromatic heterocycles. The summed E-state index contributed by atoms with van der Waals surface area (Å²) in [5, 5.41) is 10.5. The number of imidazole rings is 1. The third-order valence-corrected chi connectivity index (χ3v) is 5.33. The molecule has 1 fully saturated rings. The van der Waals surface area contributed by atoms with Crippen molar-refractivity contribution in [3.8, 4) is 0 Å². The Kier molecular flexibility index (Phi) is 7.54. The molecule has 3 heterocycles. The molecule has 12 heteroatoms. The van der Waals surface area contributed by atoms with Crippen LogP contribution >= 0.6 is 0 Å². The normalized spacial score (nSPS) is 16.4. The van der Waals surface area contributed by atoms with Gasteiger partial charge in [0, 0.05) is 52.8 Å². The Morgan fingerprint density at radius 2 is 1.94 bits per heavy atom. The Bertz CT molecular complexity index is 913. The molecule has 0 bridgehead atoms. The van der Waals surface area contributed by atoms with Crippen molar-refractivity contribution in [3.63, 3.8) is 0 Å². The monoisotopic (exact) mass is 455 g/mol. The third-order valence-electron chi connectivity index (χ3n) is 5.33. The molecule has 2 aromatic rings. The number of aromatic nitrogens is 4. The minimum atomic E-state index is -5.08. The van der Waals surface area contributed by atoms with Crippen LogP contribution in [0.15, 0.2) is 18.6 Å². The van der Waals surface area contributed by atoms with Gasteiger partial charge in [0.25, 0.3) is 0 Å². The van der Waals surface area contributed by atoms with Crippen LogP contribution in [0.3, 0.4) is 0 Å². The summed E-state index contributed by atoms with van der Waals surface area (Å²) in [6, 6.07) is 1.97. The van der Waals surface area contributed by atoms with E-state index in [2.05, 4.69) is 29.7 Å². The second kappa shape index (κ2) is 10.2. The number of carboxylic acids is 1. The lowest BCUT2D eigenvalue weighted by Crippen LogP contribution is -2.29. The Morgan fingerprint density at radius 3 is 2.56 bits per heavy atom. The smallest absolute Gasteiger partial charge is 0.475 e. The molecule has 176 valence electrons. The van der Waals surface area contributed by atoms with Crippen LogP contribution in [0.2, 0.25) is 0 Å². The SMILES string of the molecule is CN(C)c1cc(NCc2cnc3n2CCN(CC2CC2)CC3)ncn1.O=C(O)C(F)(F)F. The van der Waals surface area contributed by atoms with E-state index in [1.807, 2.05) is 31.3 Å². The molecule has 2 aliphatic rings. The van der Waals surface area contributed by atoms with Crippen molar-refractivity contribution in [2.75, 3.05) is 43.9 Å². The molecule has 0 saturated heterocycles. The van der Waals surface area contributed by atoms with Crippen LogP contribution < -0.4 is 10.2 Å². The predicted octanol–water partition coefficient (Wildman–Crippen LogP) is 2.25. The maximum atomic E-state index is 10.6. The van der Waals surface area contributed by atoms with Gasteiger partial charge in [-0.2, -0.15) is 13.2 Å². The number of alkyl halides is 3. The van der Waals surface area contributed by atoms with Crippen LogP contribution in [-0.4, -0.2) is 75.4 Å². The van der Waals surface area contributed by atoms with Gasteiger partial charge in [0.05, 0.1) is 18.4 Å². The zero-order valence-corrected chi connectivity index (χ0v) is 18.1. The van der Waals surface area contributed by atoms with Crippen molar-refractivity contribution in [1.29, 1.82) is 0 Å². The highest BCUT2D eigenvalue weighted by Gasteiger charge is 2.38. The van der Waals surface area contributed by atoms with E-state index >= 15 is 0 Å². The number of rotatable bonds is 6. The molecule has 2 N–H and O–H groups in total. The first-order valence-electron chi connectivity index (χ1n) is 10.4. The summed E-state index contributed by atoms with van der Waals surface area (Å²) in [4.78, 5) is 26.7. The fourth-order valence-corrected chi connectivity index (χ4v) is 3.40. The molecule has 4 rings (SSSR count). The summed E-state index contributed by atoms with van der Waals surface area (Å²) in [7, 11) is 3.96. The van der Waals surface area contributed by atoms with Crippen LogP contribution in [0.5, 0.6) is 0 Å². The molecule has 0 atom stereocenters. The first kappa shape index (κ1) is 23.8. The highest BCUT2D eigenvalue weighted by atomic mass is 19.4. The minimum absolute atomic E-state index is 0.736. The van der Waals surface area contributed by atoms with E-state index in [0.717, 1.165) is 50.2 Å². The molecule has 0 aromatic carbocycles. The van der Waals surface area contributed by atoms with Crippen LogP contribution in [0.1, 0.15) is 24.4 Å². The maximum absolute atomic E-state index is 10.6. The van der Waals surface area contributed by atoms with Crippen molar-refractivity contribution < 1.29 is 23.1 Å². The van der Waals surface area contributed by atoms with E-state index in [9.17, 15) is 13.2 Å². The van der Waals surface area contributed by atoms with Gasteiger partial charge in [-0.05, 0) is 18.8 Å². The van der Waals surface area contributed by atoms with Gasteiger partial charge in [0.1, 0.15) is 23.8 Å². The number of nitrogens with zero attached hydrogens (tertiary/aromatic N) is 6. The lowest BCUT2D eigenvalue weighted by molar-refractivity contribution is -0.192. The van der Waals surface area contributed by atoms with Crippen molar-refractivity contribution >= 4 is 17.6 Å². The Balaban J connectivity index is 0.000000360. The van der Waals surface area contributed by atoms with Crippen LogP contribution in [0.25, 0.3) is 0 Å². The molecular formula is C20H28F3N7O2. The number of carbonyl (C=O) groups is 1. The highest BCUT2D eigenvalue weighted by Crippen LogP contribution is 2.30. The molecule has 0 spiro atoms. The van der Waals surface area contributed by atoms with E-state index in [-0.39, 0.29) is 0 Å². The summed E-state index contributed by atoms with van der Waals surface area (Å²) < 4.78 is 34.1. The van der Waals surface area contributed by atoms with E-state index in [0.29, 0.717) is 0 Å². The third kappa shape index (κ3) is 6.81. The van der Waals surface area contributed by atoms with Crippen molar-refractivity contribution in [2.45, 2.75) is 38.5 Å². The lowest BCUT2D eigenvalue weighted by Gasteiger charge is -2.19. The fourth-order valence-electron chi connectivity index (χ4n) is 3.40. The average molecular weight is 455 g/mol. The topological polar surface area (TPSA) is 99.4 Å². The van der Waals surface area contributed by atoms with Crippen molar-refractivity contribution in [3.05, 3.63) is 30.1 Å². The number of aliphatic carboxylic acids is 1. The first-order valence-corrected chi connectivity index (χ1v) is 10.4. The second-order valence-electron chi connectivity index (χ2n) is 8.12. The molecule has 9 nitrogen and oxygen atoms in total. The number of fused-ring (bicyclic) bond motifs is 1. The molecule has 1 aliphatic carbocycles. The van der Waals surface area contributed by atoms with Crippen LogP contribution in [-0.2, 0) is 24.3 Å². The molecule has 1 saturated carbocycles. The fraction of sp³-hybridized carbons (Fsp3) is 0.600. The van der Waals surface area contributed by atoms with Crippen molar-refractivity contribution in [1.82, 2.24) is 24.4 Å². The van der Waals surface area contributed by atoms with Gasteiger partial charge in [0.2, 0.25) is 0 Å². The van der Waals surface area contributed by atoms with Gasteiger partial charge < -0.3 is 24.8 Å². The number of nitrogens with one attached hydrogen (secondary N) is 1. The quantitative estimate of drug-likeness (QED) is 0.684. The molecule has 0 radical (unpaired) electrons. The number of anilines is 2. The second-order valence-corrected chi connectivity index (χ2v) is 8.12. The Labute approximate surface area is 184 Å². The Hall–Kier alpha value is -2.89. The molecule has 1 aliphatic heterocycles. The van der Waals surface area contributed by atoms with E-state index in [4.69, 9.17) is 9.90 Å². The van der Waals surface area contributed by atoms with Gasteiger partial charge in [-0.1, -0.05) is 0 Å². The summed E-state index contributed by atoms with van der Waals surface area (Å²) >= 11 is 0. The van der Waals surface area contributed by atoms with Crippen molar-refractivity contribution in [2.24, 2.45) is 5.92 Å². The van der Waals surface area contributed by atoms with Gasteiger partial charge in [-0.25, -0.2) is 19.7 Å². The zero-order valence-electron chi connectivity index (χ0n) is 18.1. The maximum Gasteiger partial charge on any atom is 0.490 e. The molecule has 0 unspecified atom stereocenters. The standard InChI is InChI=1S/C18H27N7.C2HF3O2/c1-23(2)18-9-16(21-13-22-18)19-10-15-11-20-17-5-6-24(7-8-25(15)17)12-14-3-4-14;3-2(4,5)1(6)7/h9,11,13-14H,3-8,10,12H2,1-2H3,(H,19,21,22);(H,6,7). The van der Waals surface area contributed by atoms with Crippen LogP contribution in [0.4, 0.5) is 24.8 Å². The Morgan fingerprint density at radius 1 is 1.22 bits per heavy atom. The first-order chi connectivity index (χ1) is 15.1. The van der Waals surface area contributed by atoms with E-state index in [1.165, 1.54) is 30.9 Å². The molecule has 32 heavy (non-hydrogen) atoms. The predicted molar refractivity (Wildman–Crippen MR) is 112 cm³/mol. The van der Waals surface area contributed by atoms with Gasteiger partial charge in [-0.15, -0.1) is 0 Å². The number of hydrogen-bond donors (Lipinski definition) is 2. The zero-order chi connectivity index (χ0) is 23.3.